The first kappa shape index (κ1) is 14.7. The van der Waals surface area contributed by atoms with Crippen molar-refractivity contribution < 1.29 is 4.74 Å². The van der Waals surface area contributed by atoms with Gasteiger partial charge >= 0.3 is 0 Å². The molecular formula is C15H18BrNOS. The van der Waals surface area contributed by atoms with E-state index in [1.165, 1.54) is 5.56 Å². The summed E-state index contributed by atoms with van der Waals surface area (Å²) in [6.07, 6.45) is 0.861. The molecule has 19 heavy (non-hydrogen) atoms. The van der Waals surface area contributed by atoms with Crippen LogP contribution in [0.3, 0.4) is 0 Å². The predicted molar refractivity (Wildman–Crippen MR) is 84.3 cm³/mol. The minimum Gasteiger partial charge on any atom is -0.367 e. The van der Waals surface area contributed by atoms with E-state index < -0.39 is 0 Å². The van der Waals surface area contributed by atoms with Crippen molar-refractivity contribution in [1.82, 2.24) is 0 Å². The average Bonchev–Trinajstić information content (AvgIpc) is 2.94. The molecule has 0 aliphatic rings. The molecule has 0 spiro atoms. The first-order valence-electron chi connectivity index (χ1n) is 6.35. The molecule has 0 saturated heterocycles. The number of benzene rings is 1. The summed E-state index contributed by atoms with van der Waals surface area (Å²) in [7, 11) is 0. The molecule has 0 amide bonds. The standard InChI is InChI=1S/C15H18BrNOS/c1-2-14(17)15(12-7-8-19-10-12)18-9-11-5-3-4-6-13(11)16/h3-8,10,14-15H,2,9,17H2,1H3. The SMILES string of the molecule is CCC(N)C(OCc1ccccc1Br)c1ccsc1. The third-order valence-electron chi connectivity index (χ3n) is 3.11. The van der Waals surface area contributed by atoms with Gasteiger partial charge in [0.15, 0.2) is 0 Å². The molecule has 0 bridgehead atoms. The lowest BCUT2D eigenvalue weighted by Crippen LogP contribution is -2.29. The zero-order valence-electron chi connectivity index (χ0n) is 10.9. The minimum absolute atomic E-state index is 0.0251. The molecule has 2 nitrogen and oxygen atoms in total. The Balaban J connectivity index is 2.07. The summed E-state index contributed by atoms with van der Waals surface area (Å²) >= 11 is 5.22. The van der Waals surface area contributed by atoms with Gasteiger partial charge < -0.3 is 10.5 Å². The molecule has 2 rings (SSSR count). The van der Waals surface area contributed by atoms with Gasteiger partial charge in [-0.25, -0.2) is 0 Å². The van der Waals surface area contributed by atoms with Crippen LogP contribution in [-0.4, -0.2) is 6.04 Å². The van der Waals surface area contributed by atoms with Crippen LogP contribution < -0.4 is 5.73 Å². The van der Waals surface area contributed by atoms with Gasteiger partial charge in [-0.05, 0) is 40.4 Å². The molecule has 4 heteroatoms. The minimum atomic E-state index is -0.0386. The van der Waals surface area contributed by atoms with Gasteiger partial charge in [-0.2, -0.15) is 11.3 Å². The number of hydrogen-bond donors (Lipinski definition) is 1. The van der Waals surface area contributed by atoms with Crippen LogP contribution in [0.15, 0.2) is 45.6 Å². The molecule has 2 aromatic rings. The van der Waals surface area contributed by atoms with E-state index in [1.807, 2.05) is 18.2 Å². The Morgan fingerprint density at radius 3 is 2.74 bits per heavy atom. The third-order valence-corrected chi connectivity index (χ3v) is 4.58. The highest BCUT2D eigenvalue weighted by molar-refractivity contribution is 9.10. The second kappa shape index (κ2) is 7.20. The summed E-state index contributed by atoms with van der Waals surface area (Å²) in [5.74, 6) is 0. The van der Waals surface area contributed by atoms with Crippen molar-refractivity contribution in [3.05, 3.63) is 56.7 Å². The molecule has 1 aromatic carbocycles. The highest BCUT2D eigenvalue weighted by atomic mass is 79.9. The highest BCUT2D eigenvalue weighted by Gasteiger charge is 2.20. The van der Waals surface area contributed by atoms with Crippen LogP contribution in [0, 0.1) is 0 Å². The average molecular weight is 340 g/mol. The van der Waals surface area contributed by atoms with Crippen LogP contribution in [0.4, 0.5) is 0 Å². The number of thiophene rings is 1. The monoisotopic (exact) mass is 339 g/mol. The number of nitrogens with two attached hydrogens (primary N) is 1. The molecule has 0 aliphatic carbocycles. The summed E-state index contributed by atoms with van der Waals surface area (Å²) < 4.78 is 7.13. The molecule has 0 aliphatic heterocycles. The lowest BCUT2D eigenvalue weighted by atomic mass is 10.0. The van der Waals surface area contributed by atoms with Gasteiger partial charge in [0.1, 0.15) is 0 Å². The van der Waals surface area contributed by atoms with Crippen molar-refractivity contribution in [1.29, 1.82) is 0 Å². The Labute approximate surface area is 126 Å². The summed E-state index contributed by atoms with van der Waals surface area (Å²) in [4.78, 5) is 0. The van der Waals surface area contributed by atoms with Crippen molar-refractivity contribution in [2.75, 3.05) is 0 Å². The van der Waals surface area contributed by atoms with Gasteiger partial charge in [-0.1, -0.05) is 41.1 Å². The van der Waals surface area contributed by atoms with E-state index in [4.69, 9.17) is 10.5 Å². The lowest BCUT2D eigenvalue weighted by Gasteiger charge is -2.23. The summed E-state index contributed by atoms with van der Waals surface area (Å²) in [6.45, 7) is 2.65. The number of ether oxygens (including phenoxy) is 1. The van der Waals surface area contributed by atoms with Crippen molar-refractivity contribution in [2.45, 2.75) is 32.1 Å². The van der Waals surface area contributed by atoms with E-state index >= 15 is 0 Å². The van der Waals surface area contributed by atoms with Crippen molar-refractivity contribution in [3.8, 4) is 0 Å². The van der Waals surface area contributed by atoms with Gasteiger partial charge in [-0.3, -0.25) is 0 Å². The number of halogens is 1. The summed E-state index contributed by atoms with van der Waals surface area (Å²) in [6, 6.07) is 10.2. The fraction of sp³-hybridized carbons (Fsp3) is 0.333. The zero-order valence-corrected chi connectivity index (χ0v) is 13.3. The smallest absolute Gasteiger partial charge is 0.0988 e. The van der Waals surface area contributed by atoms with E-state index in [0.717, 1.165) is 16.5 Å². The quantitative estimate of drug-likeness (QED) is 0.840. The Morgan fingerprint density at radius 2 is 2.11 bits per heavy atom. The maximum absolute atomic E-state index is 6.18. The Morgan fingerprint density at radius 1 is 1.32 bits per heavy atom. The first-order chi connectivity index (χ1) is 9.22. The lowest BCUT2D eigenvalue weighted by molar-refractivity contribution is 0.0212. The zero-order chi connectivity index (χ0) is 13.7. The molecule has 1 heterocycles. The number of hydrogen-bond acceptors (Lipinski definition) is 3. The molecular weight excluding hydrogens is 322 g/mol. The van der Waals surface area contributed by atoms with Gasteiger partial charge in [0.2, 0.25) is 0 Å². The van der Waals surface area contributed by atoms with Crippen LogP contribution in [0.5, 0.6) is 0 Å². The summed E-state index contributed by atoms with van der Waals surface area (Å²) in [5.41, 5.74) is 8.50. The molecule has 0 fully saturated rings. The summed E-state index contributed by atoms with van der Waals surface area (Å²) in [5, 5.41) is 4.17. The maximum Gasteiger partial charge on any atom is 0.0988 e. The topological polar surface area (TPSA) is 35.2 Å². The number of rotatable bonds is 6. The molecule has 2 unspecified atom stereocenters. The fourth-order valence-electron chi connectivity index (χ4n) is 1.91. The van der Waals surface area contributed by atoms with Crippen LogP contribution in [0.25, 0.3) is 0 Å². The van der Waals surface area contributed by atoms with E-state index in [0.29, 0.717) is 6.61 Å². The molecule has 2 atom stereocenters. The van der Waals surface area contributed by atoms with E-state index in [9.17, 15) is 0 Å². The van der Waals surface area contributed by atoms with Crippen molar-refractivity contribution >= 4 is 27.3 Å². The third kappa shape index (κ3) is 3.89. The second-order valence-corrected chi connectivity index (χ2v) is 6.09. The van der Waals surface area contributed by atoms with Crippen molar-refractivity contribution in [3.63, 3.8) is 0 Å². The van der Waals surface area contributed by atoms with E-state index in [1.54, 1.807) is 11.3 Å². The predicted octanol–water partition coefficient (Wildman–Crippen LogP) is 4.51. The van der Waals surface area contributed by atoms with Gasteiger partial charge in [0.25, 0.3) is 0 Å². The maximum atomic E-state index is 6.18. The van der Waals surface area contributed by atoms with Crippen molar-refractivity contribution in [2.24, 2.45) is 5.73 Å². The van der Waals surface area contributed by atoms with Crippen LogP contribution in [-0.2, 0) is 11.3 Å². The van der Waals surface area contributed by atoms with Crippen LogP contribution >= 0.6 is 27.3 Å². The first-order valence-corrected chi connectivity index (χ1v) is 8.08. The Kier molecular flexibility index (Phi) is 5.58. The van der Waals surface area contributed by atoms with Gasteiger partial charge in [-0.15, -0.1) is 0 Å². The van der Waals surface area contributed by atoms with Gasteiger partial charge in [0, 0.05) is 10.5 Å². The normalized spacial score (nSPS) is 14.3. The molecule has 102 valence electrons. The largest absolute Gasteiger partial charge is 0.367 e. The fourth-order valence-corrected chi connectivity index (χ4v) is 3.00. The second-order valence-electron chi connectivity index (χ2n) is 4.45. The van der Waals surface area contributed by atoms with Crippen LogP contribution in [0.2, 0.25) is 0 Å². The molecule has 0 saturated carbocycles. The molecule has 2 N–H and O–H groups in total. The molecule has 0 radical (unpaired) electrons. The van der Waals surface area contributed by atoms with Crippen LogP contribution in [0.1, 0.15) is 30.6 Å². The molecule has 1 aromatic heterocycles. The van der Waals surface area contributed by atoms with Gasteiger partial charge in [0.05, 0.1) is 12.7 Å². The Bertz CT molecular complexity index is 501. The van der Waals surface area contributed by atoms with E-state index in [-0.39, 0.29) is 12.1 Å². The highest BCUT2D eigenvalue weighted by Crippen LogP contribution is 2.27. The van der Waals surface area contributed by atoms with E-state index in [2.05, 4.69) is 45.7 Å². The Hall–Kier alpha value is -0.680.